The second-order valence-electron chi connectivity index (χ2n) is 9.75. The number of hydrogen-bond donors (Lipinski definition) is 1. The number of nitrogens with one attached hydrogen (secondary N) is 1. The molecule has 1 amide bonds. The molecule has 2 aromatic carbocycles. The summed E-state index contributed by atoms with van der Waals surface area (Å²) in [4.78, 5) is 31.1. The minimum Gasteiger partial charge on any atom is -0.495 e. The molecule has 2 heterocycles. The minimum atomic E-state index is -3.72. The van der Waals surface area contributed by atoms with Crippen molar-refractivity contribution in [1.82, 2.24) is 14.5 Å². The van der Waals surface area contributed by atoms with E-state index in [0.29, 0.717) is 69.4 Å². The van der Waals surface area contributed by atoms with E-state index in [1.165, 1.54) is 13.0 Å². The highest BCUT2D eigenvalue weighted by atomic mass is 32.2. The van der Waals surface area contributed by atoms with Gasteiger partial charge in [-0.25, -0.2) is 13.1 Å². The van der Waals surface area contributed by atoms with Crippen molar-refractivity contribution < 1.29 is 32.2 Å². The molecule has 0 radical (unpaired) electrons. The van der Waals surface area contributed by atoms with Crippen LogP contribution >= 0.6 is 0 Å². The van der Waals surface area contributed by atoms with E-state index in [-0.39, 0.29) is 10.8 Å². The van der Waals surface area contributed by atoms with E-state index in [9.17, 15) is 18.0 Å². The summed E-state index contributed by atoms with van der Waals surface area (Å²) >= 11 is 0. The number of carbonyl (C=O) groups is 2. The maximum atomic E-state index is 13.3. The zero-order valence-corrected chi connectivity index (χ0v) is 23.9. The lowest BCUT2D eigenvalue weighted by Crippen LogP contribution is -2.50. The number of benzene rings is 2. The van der Waals surface area contributed by atoms with Crippen LogP contribution in [0, 0.1) is 0 Å². The Hall–Kier alpha value is -3.19. The van der Waals surface area contributed by atoms with E-state index < -0.39 is 22.1 Å². The molecule has 0 unspecified atom stereocenters. The number of sulfonamides is 1. The van der Waals surface area contributed by atoms with E-state index in [1.807, 2.05) is 11.0 Å². The van der Waals surface area contributed by atoms with Crippen molar-refractivity contribution in [2.24, 2.45) is 0 Å². The van der Waals surface area contributed by atoms with Gasteiger partial charge in [0.1, 0.15) is 5.75 Å². The van der Waals surface area contributed by atoms with Crippen molar-refractivity contribution in [2.75, 3.05) is 77.6 Å². The number of morpholine rings is 1. The molecule has 2 aliphatic heterocycles. The van der Waals surface area contributed by atoms with Gasteiger partial charge in [-0.1, -0.05) is 30.3 Å². The number of ether oxygens (including phenoxy) is 3. The molecule has 40 heavy (non-hydrogen) atoms. The van der Waals surface area contributed by atoms with Gasteiger partial charge >= 0.3 is 5.97 Å². The van der Waals surface area contributed by atoms with Crippen LogP contribution in [0.3, 0.4) is 0 Å². The fourth-order valence-corrected chi connectivity index (χ4v) is 5.98. The van der Waals surface area contributed by atoms with Gasteiger partial charge in [-0.2, -0.15) is 0 Å². The SMILES string of the molecule is COc1ccc(S(=O)(=O)NCCCN2CCOCC2)cc1N1CCN(C(=O)[C@@H](OC(C)=O)c2ccccc2)CC1. The van der Waals surface area contributed by atoms with Crippen LogP contribution in [-0.4, -0.2) is 103 Å². The van der Waals surface area contributed by atoms with Crippen LogP contribution in [0.15, 0.2) is 53.4 Å². The van der Waals surface area contributed by atoms with Gasteiger partial charge in [0.25, 0.3) is 5.91 Å². The lowest BCUT2D eigenvalue weighted by molar-refractivity contribution is -0.159. The molecule has 0 saturated carbocycles. The normalized spacial score (nSPS) is 17.4. The van der Waals surface area contributed by atoms with Crippen molar-refractivity contribution >= 4 is 27.6 Å². The van der Waals surface area contributed by atoms with E-state index in [2.05, 4.69) is 9.62 Å². The summed E-state index contributed by atoms with van der Waals surface area (Å²) in [5.74, 6) is -0.267. The molecule has 0 aliphatic carbocycles. The van der Waals surface area contributed by atoms with Crippen molar-refractivity contribution in [3.63, 3.8) is 0 Å². The first-order valence-corrected chi connectivity index (χ1v) is 15.0. The lowest BCUT2D eigenvalue weighted by Gasteiger charge is -2.38. The Morgan fingerprint density at radius 1 is 1.00 bits per heavy atom. The van der Waals surface area contributed by atoms with E-state index in [1.54, 1.807) is 48.4 Å². The molecular formula is C28H38N4O7S. The van der Waals surface area contributed by atoms with E-state index in [4.69, 9.17) is 14.2 Å². The number of esters is 1. The number of rotatable bonds is 11. The van der Waals surface area contributed by atoms with E-state index >= 15 is 0 Å². The third-order valence-corrected chi connectivity index (χ3v) is 8.51. The Balaban J connectivity index is 1.39. The molecule has 218 valence electrons. The first-order chi connectivity index (χ1) is 19.3. The van der Waals surface area contributed by atoms with Gasteiger partial charge in [0.2, 0.25) is 16.1 Å². The number of carbonyl (C=O) groups excluding carboxylic acids is 2. The molecule has 4 rings (SSSR count). The number of anilines is 1. The fraction of sp³-hybridized carbons (Fsp3) is 0.500. The molecule has 1 N–H and O–H groups in total. The van der Waals surface area contributed by atoms with Crippen molar-refractivity contribution in [3.05, 3.63) is 54.1 Å². The van der Waals surface area contributed by atoms with Gasteiger partial charge in [-0.3, -0.25) is 14.5 Å². The van der Waals surface area contributed by atoms with Crippen LogP contribution in [0.4, 0.5) is 5.69 Å². The molecule has 12 heteroatoms. The van der Waals surface area contributed by atoms with Crippen molar-refractivity contribution in [1.29, 1.82) is 0 Å². The summed E-state index contributed by atoms with van der Waals surface area (Å²) in [6.07, 6.45) is -0.308. The Morgan fingerprint density at radius 3 is 2.35 bits per heavy atom. The standard InChI is InChI=1S/C28H38N4O7S/c1-22(33)39-27(23-7-4-3-5-8-23)28(34)32-15-13-31(14-16-32)25-21-24(9-10-26(25)37-2)40(35,36)29-11-6-12-30-17-19-38-20-18-30/h3-5,7-10,21,27,29H,6,11-20H2,1-2H3/t27-/m0/s1. The summed E-state index contributed by atoms with van der Waals surface area (Å²) < 4.78 is 45.1. The quantitative estimate of drug-likeness (QED) is 0.316. The first-order valence-electron chi connectivity index (χ1n) is 13.5. The van der Waals surface area contributed by atoms with E-state index in [0.717, 1.165) is 19.6 Å². The third kappa shape index (κ3) is 7.72. The minimum absolute atomic E-state index is 0.159. The zero-order valence-electron chi connectivity index (χ0n) is 23.1. The van der Waals surface area contributed by atoms with Crippen LogP contribution in [0.5, 0.6) is 5.75 Å². The summed E-state index contributed by atoms with van der Waals surface area (Å²) in [5.41, 5.74) is 1.26. The Morgan fingerprint density at radius 2 is 1.70 bits per heavy atom. The van der Waals surface area contributed by atoms with Crippen LogP contribution in [0.1, 0.15) is 25.0 Å². The molecule has 11 nitrogen and oxygen atoms in total. The highest BCUT2D eigenvalue weighted by Crippen LogP contribution is 2.32. The first kappa shape index (κ1) is 29.8. The highest BCUT2D eigenvalue weighted by molar-refractivity contribution is 7.89. The van der Waals surface area contributed by atoms with Gasteiger partial charge in [0.15, 0.2) is 0 Å². The topological polar surface area (TPSA) is 118 Å². The van der Waals surface area contributed by atoms with Gasteiger partial charge < -0.3 is 24.0 Å². The van der Waals surface area contributed by atoms with Gasteiger partial charge in [-0.05, 0) is 31.2 Å². The predicted molar refractivity (Wildman–Crippen MR) is 150 cm³/mol. The molecule has 2 aromatic rings. The van der Waals surface area contributed by atoms with Crippen LogP contribution in [0.2, 0.25) is 0 Å². The number of hydrogen-bond acceptors (Lipinski definition) is 9. The number of piperazine rings is 1. The average Bonchev–Trinajstić information content (AvgIpc) is 2.98. The Bertz CT molecular complexity index is 1240. The fourth-order valence-electron chi connectivity index (χ4n) is 4.89. The summed E-state index contributed by atoms with van der Waals surface area (Å²) in [5, 5.41) is 0. The maximum absolute atomic E-state index is 13.3. The molecule has 1 atom stereocenters. The smallest absolute Gasteiger partial charge is 0.303 e. The van der Waals surface area contributed by atoms with Crippen LogP contribution in [0.25, 0.3) is 0 Å². The molecule has 2 fully saturated rings. The average molecular weight is 575 g/mol. The molecular weight excluding hydrogens is 536 g/mol. The largest absolute Gasteiger partial charge is 0.495 e. The number of amides is 1. The summed E-state index contributed by atoms with van der Waals surface area (Å²) in [6.45, 7) is 7.26. The number of methoxy groups -OCH3 is 1. The summed E-state index contributed by atoms with van der Waals surface area (Å²) in [7, 11) is -2.17. The molecule has 0 aromatic heterocycles. The highest BCUT2D eigenvalue weighted by Gasteiger charge is 2.32. The predicted octanol–water partition coefficient (Wildman–Crippen LogP) is 1.65. The van der Waals surface area contributed by atoms with Crippen LogP contribution in [-0.2, 0) is 29.1 Å². The van der Waals surface area contributed by atoms with Crippen molar-refractivity contribution in [3.8, 4) is 5.75 Å². The molecule has 0 spiro atoms. The second-order valence-corrected chi connectivity index (χ2v) is 11.5. The van der Waals surface area contributed by atoms with Crippen LogP contribution < -0.4 is 14.4 Å². The Kier molecular flexibility index (Phi) is 10.4. The lowest BCUT2D eigenvalue weighted by atomic mass is 10.1. The number of nitrogens with zero attached hydrogens (tertiary/aromatic N) is 3. The van der Waals surface area contributed by atoms with Gasteiger partial charge in [-0.15, -0.1) is 0 Å². The Labute approximate surface area is 236 Å². The molecule has 2 aliphatic rings. The molecule has 0 bridgehead atoms. The molecule has 2 saturated heterocycles. The zero-order chi connectivity index (χ0) is 28.5. The van der Waals surface area contributed by atoms with Gasteiger partial charge in [0.05, 0.1) is 30.9 Å². The van der Waals surface area contributed by atoms with Gasteiger partial charge in [0, 0.05) is 58.3 Å². The summed E-state index contributed by atoms with van der Waals surface area (Å²) in [6, 6.07) is 13.8. The second kappa shape index (κ2) is 13.9. The maximum Gasteiger partial charge on any atom is 0.303 e. The van der Waals surface area contributed by atoms with Crippen molar-refractivity contribution in [2.45, 2.75) is 24.3 Å². The third-order valence-electron chi connectivity index (χ3n) is 7.05. The monoisotopic (exact) mass is 574 g/mol.